The van der Waals surface area contributed by atoms with Gasteiger partial charge in [0.15, 0.2) is 0 Å². The Morgan fingerprint density at radius 3 is 2.43 bits per heavy atom. The topological polar surface area (TPSA) is 21.7 Å². The Morgan fingerprint density at radius 1 is 1.00 bits per heavy atom. The minimum Gasteiger partial charge on any atom is -0.494 e. The van der Waals surface area contributed by atoms with Crippen LogP contribution in [0.4, 0.5) is 0 Å². The van der Waals surface area contributed by atoms with E-state index < -0.39 is 0 Å². The van der Waals surface area contributed by atoms with E-state index in [0.29, 0.717) is 0 Å². The van der Waals surface area contributed by atoms with Gasteiger partial charge in [-0.1, -0.05) is 12.1 Å². The molecule has 3 nitrogen and oxygen atoms in total. The summed E-state index contributed by atoms with van der Waals surface area (Å²) in [5.74, 6) is 2.51. The molecule has 2 heterocycles. The van der Waals surface area contributed by atoms with Crippen molar-refractivity contribution >= 4 is 0 Å². The molecule has 2 saturated heterocycles. The molecule has 1 aromatic carbocycles. The van der Waals surface area contributed by atoms with Gasteiger partial charge in [0.25, 0.3) is 0 Å². The fourth-order valence-electron chi connectivity index (χ4n) is 3.18. The van der Waals surface area contributed by atoms with E-state index in [1.807, 2.05) is 0 Å². The lowest BCUT2D eigenvalue weighted by molar-refractivity contribution is 0.110. The largest absolute Gasteiger partial charge is 0.494 e. The average molecular weight is 288 g/mol. The van der Waals surface area contributed by atoms with Crippen molar-refractivity contribution in [3.63, 3.8) is 0 Å². The number of nitrogens with zero attached hydrogens (tertiary/aromatic N) is 1. The van der Waals surface area contributed by atoms with Crippen LogP contribution in [-0.4, -0.2) is 44.4 Å². The van der Waals surface area contributed by atoms with Gasteiger partial charge in [0.1, 0.15) is 5.75 Å². The Bertz CT molecular complexity index is 406. The van der Waals surface area contributed by atoms with Crippen molar-refractivity contribution in [1.82, 2.24) is 4.90 Å². The predicted molar refractivity (Wildman–Crippen MR) is 84.6 cm³/mol. The highest BCUT2D eigenvalue weighted by Crippen LogP contribution is 2.27. The number of hydrogen-bond donors (Lipinski definition) is 0. The second kappa shape index (κ2) is 7.81. The maximum atomic E-state index is 5.85. The lowest BCUT2D eigenvalue weighted by Crippen LogP contribution is -2.21. The van der Waals surface area contributed by atoms with Crippen LogP contribution in [0.25, 0.3) is 0 Å². The highest BCUT2D eigenvalue weighted by molar-refractivity contribution is 5.36. The molecule has 0 spiro atoms. The number of benzene rings is 1. The van der Waals surface area contributed by atoms with E-state index in [9.17, 15) is 0 Å². The summed E-state index contributed by atoms with van der Waals surface area (Å²) in [7, 11) is 0. The third-order valence-corrected chi connectivity index (χ3v) is 4.45. The Hall–Kier alpha value is -1.06. The van der Waals surface area contributed by atoms with Gasteiger partial charge in [0.2, 0.25) is 0 Å². The molecule has 0 atom stereocenters. The Kier molecular flexibility index (Phi) is 5.53. The summed E-state index contributed by atoms with van der Waals surface area (Å²) in [5, 5.41) is 0. The average Bonchev–Trinajstić information content (AvgIpc) is 3.06. The van der Waals surface area contributed by atoms with E-state index in [0.717, 1.165) is 44.8 Å². The van der Waals surface area contributed by atoms with Crippen LogP contribution in [0.3, 0.4) is 0 Å². The molecular weight excluding hydrogens is 262 g/mol. The van der Waals surface area contributed by atoms with E-state index in [-0.39, 0.29) is 0 Å². The van der Waals surface area contributed by atoms with Crippen LogP contribution in [0.1, 0.15) is 37.7 Å². The summed E-state index contributed by atoms with van der Waals surface area (Å²) < 4.78 is 11.3. The van der Waals surface area contributed by atoms with Crippen LogP contribution in [0.5, 0.6) is 5.75 Å². The van der Waals surface area contributed by atoms with Crippen molar-refractivity contribution in [2.45, 2.75) is 32.1 Å². The SMILES string of the molecule is c1cc([C]2CCOCC2)ccc1OCCCN1CCCC1. The molecule has 2 aliphatic heterocycles. The van der Waals surface area contributed by atoms with Crippen LogP contribution < -0.4 is 4.74 Å². The van der Waals surface area contributed by atoms with Crippen LogP contribution in [0.15, 0.2) is 24.3 Å². The van der Waals surface area contributed by atoms with Crippen molar-refractivity contribution < 1.29 is 9.47 Å². The first-order valence-corrected chi connectivity index (χ1v) is 8.30. The third kappa shape index (κ3) is 4.45. The monoisotopic (exact) mass is 288 g/mol. The van der Waals surface area contributed by atoms with Crippen molar-refractivity contribution in [2.75, 3.05) is 39.5 Å². The van der Waals surface area contributed by atoms with Gasteiger partial charge in [-0.2, -0.15) is 0 Å². The molecule has 1 radical (unpaired) electrons. The van der Waals surface area contributed by atoms with Crippen LogP contribution in [0, 0.1) is 5.92 Å². The third-order valence-electron chi connectivity index (χ3n) is 4.45. The molecule has 1 aromatic rings. The van der Waals surface area contributed by atoms with E-state index in [4.69, 9.17) is 9.47 Å². The first kappa shape index (κ1) is 14.9. The molecule has 0 amide bonds. The summed E-state index contributed by atoms with van der Waals surface area (Å²) in [5.41, 5.74) is 1.35. The maximum Gasteiger partial charge on any atom is 0.119 e. The predicted octanol–water partition coefficient (Wildman–Crippen LogP) is 3.28. The first-order valence-electron chi connectivity index (χ1n) is 8.30. The van der Waals surface area contributed by atoms with Gasteiger partial charge in [-0.05, 0) is 62.9 Å². The van der Waals surface area contributed by atoms with Gasteiger partial charge in [0, 0.05) is 25.7 Å². The number of rotatable bonds is 6. The van der Waals surface area contributed by atoms with Gasteiger partial charge in [-0.3, -0.25) is 0 Å². The number of likely N-dealkylation sites (tertiary alicyclic amines) is 1. The summed E-state index contributed by atoms with van der Waals surface area (Å²) in [6, 6.07) is 8.59. The van der Waals surface area contributed by atoms with E-state index in [1.54, 1.807) is 0 Å². The molecule has 2 aliphatic rings. The second-order valence-corrected chi connectivity index (χ2v) is 5.99. The molecule has 3 heteroatoms. The van der Waals surface area contributed by atoms with Crippen LogP contribution in [0.2, 0.25) is 0 Å². The Labute approximate surface area is 128 Å². The van der Waals surface area contributed by atoms with Gasteiger partial charge in [0.05, 0.1) is 6.61 Å². The molecular formula is C18H26NO2. The van der Waals surface area contributed by atoms with E-state index in [1.165, 1.54) is 44.0 Å². The van der Waals surface area contributed by atoms with Gasteiger partial charge < -0.3 is 14.4 Å². The van der Waals surface area contributed by atoms with E-state index >= 15 is 0 Å². The summed E-state index contributed by atoms with van der Waals surface area (Å²) in [4.78, 5) is 2.54. The summed E-state index contributed by atoms with van der Waals surface area (Å²) in [6.07, 6.45) is 5.99. The number of ether oxygens (including phenoxy) is 2. The lowest BCUT2D eigenvalue weighted by atomic mass is 9.92. The van der Waals surface area contributed by atoms with Crippen molar-refractivity contribution in [3.8, 4) is 5.75 Å². The molecule has 0 aliphatic carbocycles. The summed E-state index contributed by atoms with van der Waals surface area (Å²) >= 11 is 0. The van der Waals surface area contributed by atoms with Gasteiger partial charge in [-0.15, -0.1) is 0 Å². The zero-order chi connectivity index (χ0) is 14.3. The fourth-order valence-corrected chi connectivity index (χ4v) is 3.18. The molecule has 115 valence electrons. The standard InChI is InChI=1S/C18H26NO2/c1-2-11-19(10-1)12-3-13-21-18-6-4-16(5-7-18)17-8-14-20-15-9-17/h4-7H,1-3,8-15H2. The first-order chi connectivity index (χ1) is 10.4. The smallest absolute Gasteiger partial charge is 0.119 e. The van der Waals surface area contributed by atoms with Crippen molar-refractivity contribution in [2.24, 2.45) is 0 Å². The second-order valence-electron chi connectivity index (χ2n) is 5.99. The quantitative estimate of drug-likeness (QED) is 0.750. The molecule has 0 saturated carbocycles. The van der Waals surface area contributed by atoms with Gasteiger partial charge in [-0.25, -0.2) is 0 Å². The zero-order valence-corrected chi connectivity index (χ0v) is 12.9. The summed E-state index contributed by atoms with van der Waals surface area (Å²) in [6.45, 7) is 6.28. The molecule has 2 fully saturated rings. The van der Waals surface area contributed by atoms with Gasteiger partial charge >= 0.3 is 0 Å². The minimum absolute atomic E-state index is 0.820. The minimum atomic E-state index is 0.820. The molecule has 21 heavy (non-hydrogen) atoms. The van der Waals surface area contributed by atoms with Crippen molar-refractivity contribution in [3.05, 3.63) is 35.7 Å². The Balaban J connectivity index is 1.39. The highest BCUT2D eigenvalue weighted by Gasteiger charge is 2.16. The molecule has 0 unspecified atom stereocenters. The molecule has 0 bridgehead atoms. The molecule has 0 N–H and O–H groups in total. The lowest BCUT2D eigenvalue weighted by Gasteiger charge is -2.21. The highest BCUT2D eigenvalue weighted by atomic mass is 16.5. The zero-order valence-electron chi connectivity index (χ0n) is 12.9. The van der Waals surface area contributed by atoms with Crippen LogP contribution in [-0.2, 0) is 4.74 Å². The van der Waals surface area contributed by atoms with E-state index in [2.05, 4.69) is 29.2 Å². The van der Waals surface area contributed by atoms with Crippen LogP contribution >= 0.6 is 0 Å². The number of hydrogen-bond acceptors (Lipinski definition) is 3. The molecule has 0 aromatic heterocycles. The maximum absolute atomic E-state index is 5.85. The normalized spacial score (nSPS) is 20.8. The van der Waals surface area contributed by atoms with Crippen molar-refractivity contribution in [1.29, 1.82) is 0 Å². The molecule has 3 rings (SSSR count). The fraction of sp³-hybridized carbons (Fsp3) is 0.611. The Morgan fingerprint density at radius 2 is 1.71 bits per heavy atom.